The Kier molecular flexibility index (Phi) is 8.88. The number of rotatable bonds is 9. The van der Waals surface area contributed by atoms with Gasteiger partial charge in [-0.1, -0.05) is 17.5 Å². The number of ether oxygens (including phenoxy) is 1. The molecule has 3 N–H and O–H groups in total. The van der Waals surface area contributed by atoms with E-state index in [0.717, 1.165) is 5.56 Å². The molecule has 0 fully saturated rings. The average Bonchev–Trinajstić information content (AvgIpc) is 2.75. The molecule has 2 amide bonds. The van der Waals surface area contributed by atoms with Gasteiger partial charge in [0.2, 0.25) is 15.9 Å². The van der Waals surface area contributed by atoms with Gasteiger partial charge in [-0.2, -0.15) is 4.72 Å². The lowest BCUT2D eigenvalue weighted by molar-refractivity contribution is -0.122. The number of sulfonamides is 1. The van der Waals surface area contributed by atoms with Gasteiger partial charge < -0.3 is 4.74 Å². The predicted octanol–water partition coefficient (Wildman–Crippen LogP) is 2.18. The third-order valence-electron chi connectivity index (χ3n) is 4.05. The first-order chi connectivity index (χ1) is 14.7. The van der Waals surface area contributed by atoms with Gasteiger partial charge >= 0.3 is 0 Å². The maximum absolute atomic E-state index is 12.1. The minimum atomic E-state index is -3.74. The molecule has 31 heavy (non-hydrogen) atoms. The van der Waals surface area contributed by atoms with Gasteiger partial charge in [-0.3, -0.25) is 20.4 Å². The zero-order valence-corrected chi connectivity index (χ0v) is 18.3. The molecule has 0 spiro atoms. The fourth-order valence-electron chi connectivity index (χ4n) is 2.46. The molecule has 2 aromatic carbocycles. The number of carbonyl (C=O) groups is 2. The molecule has 10 heteroatoms. The van der Waals surface area contributed by atoms with Crippen LogP contribution in [0.25, 0.3) is 0 Å². The summed E-state index contributed by atoms with van der Waals surface area (Å²) in [4.78, 5) is 24.0. The molecule has 0 bridgehead atoms. The zero-order chi connectivity index (χ0) is 22.9. The van der Waals surface area contributed by atoms with E-state index in [1.165, 1.54) is 24.3 Å². The van der Waals surface area contributed by atoms with Crippen LogP contribution in [0.4, 0.5) is 0 Å². The Labute approximate surface area is 186 Å². The van der Waals surface area contributed by atoms with Crippen molar-refractivity contribution in [3.8, 4) is 18.1 Å². The molecule has 0 heterocycles. The van der Waals surface area contributed by atoms with E-state index in [2.05, 4.69) is 21.5 Å². The van der Waals surface area contributed by atoms with Crippen molar-refractivity contribution in [3.63, 3.8) is 0 Å². The fraction of sp³-hybridized carbons (Fsp3) is 0.238. The summed E-state index contributed by atoms with van der Waals surface area (Å²) in [5.41, 5.74) is 5.66. The van der Waals surface area contributed by atoms with Crippen LogP contribution in [-0.2, 0) is 14.8 Å². The lowest BCUT2D eigenvalue weighted by Crippen LogP contribution is -2.41. The van der Waals surface area contributed by atoms with E-state index >= 15 is 0 Å². The topological polar surface area (TPSA) is 114 Å². The van der Waals surface area contributed by atoms with Crippen LogP contribution in [0.2, 0.25) is 5.02 Å². The number of amides is 2. The minimum Gasteiger partial charge on any atom is -0.493 e. The Bertz CT molecular complexity index is 1080. The predicted molar refractivity (Wildman–Crippen MR) is 117 cm³/mol. The summed E-state index contributed by atoms with van der Waals surface area (Å²) in [5.74, 6) is 1.90. The summed E-state index contributed by atoms with van der Waals surface area (Å²) < 4.78 is 31.7. The van der Waals surface area contributed by atoms with Crippen LogP contribution >= 0.6 is 11.6 Å². The Morgan fingerprint density at radius 1 is 1.13 bits per heavy atom. The summed E-state index contributed by atoms with van der Waals surface area (Å²) >= 11 is 5.89. The van der Waals surface area contributed by atoms with E-state index < -0.39 is 15.9 Å². The monoisotopic (exact) mass is 463 g/mol. The Hall–Kier alpha value is -3.06. The number of benzene rings is 2. The van der Waals surface area contributed by atoms with Gasteiger partial charge in [-0.05, 0) is 61.4 Å². The number of carbonyl (C=O) groups excluding carboxylic acids is 2. The van der Waals surface area contributed by atoms with E-state index in [9.17, 15) is 18.0 Å². The van der Waals surface area contributed by atoms with E-state index in [0.29, 0.717) is 23.8 Å². The van der Waals surface area contributed by atoms with E-state index in [1.807, 2.05) is 6.92 Å². The molecule has 0 aliphatic rings. The van der Waals surface area contributed by atoms with Crippen molar-refractivity contribution in [2.45, 2.75) is 24.7 Å². The van der Waals surface area contributed by atoms with Gasteiger partial charge in [0.15, 0.2) is 0 Å². The highest BCUT2D eigenvalue weighted by atomic mass is 35.5. The van der Waals surface area contributed by atoms with Crippen LogP contribution in [0.5, 0.6) is 5.75 Å². The highest BCUT2D eigenvalue weighted by Gasteiger charge is 2.14. The summed E-state index contributed by atoms with van der Waals surface area (Å²) in [6, 6.07) is 10.5. The lowest BCUT2D eigenvalue weighted by atomic mass is 10.2. The molecular weight excluding hydrogens is 442 g/mol. The van der Waals surface area contributed by atoms with E-state index in [-0.39, 0.29) is 29.3 Å². The first-order valence-corrected chi connectivity index (χ1v) is 11.1. The van der Waals surface area contributed by atoms with Crippen LogP contribution in [0.1, 0.15) is 28.8 Å². The van der Waals surface area contributed by atoms with Crippen LogP contribution in [-0.4, -0.2) is 33.4 Å². The van der Waals surface area contributed by atoms with Crippen molar-refractivity contribution in [1.82, 2.24) is 15.6 Å². The second-order valence-electron chi connectivity index (χ2n) is 6.42. The van der Waals surface area contributed by atoms with Crippen molar-refractivity contribution in [3.05, 3.63) is 58.6 Å². The van der Waals surface area contributed by atoms with Gasteiger partial charge in [0.05, 0.1) is 18.0 Å². The Morgan fingerprint density at radius 3 is 2.48 bits per heavy atom. The number of nitrogens with one attached hydrogen (secondary N) is 3. The minimum absolute atomic E-state index is 0.0285. The van der Waals surface area contributed by atoms with Crippen LogP contribution in [0.15, 0.2) is 47.4 Å². The van der Waals surface area contributed by atoms with Gasteiger partial charge in [-0.15, -0.1) is 6.42 Å². The molecule has 2 aromatic rings. The summed E-state index contributed by atoms with van der Waals surface area (Å²) in [5, 5.41) is 0.622. The number of hydrazine groups is 1. The third-order valence-corrected chi connectivity index (χ3v) is 5.70. The number of terminal acetylenes is 1. The second kappa shape index (κ2) is 11.4. The molecular formula is C21H22ClN3O5S. The summed E-state index contributed by atoms with van der Waals surface area (Å²) in [6.45, 7) is 2.06. The van der Waals surface area contributed by atoms with Crippen LogP contribution in [0, 0.1) is 19.3 Å². The maximum atomic E-state index is 12.1. The first kappa shape index (κ1) is 24.2. The molecule has 164 valence electrons. The molecule has 0 unspecified atom stereocenters. The van der Waals surface area contributed by atoms with Crippen LogP contribution in [0.3, 0.4) is 0 Å². The Morgan fingerprint density at radius 2 is 1.84 bits per heavy atom. The third kappa shape index (κ3) is 7.61. The summed E-state index contributed by atoms with van der Waals surface area (Å²) in [6.07, 6.45) is 5.62. The highest BCUT2D eigenvalue weighted by Crippen LogP contribution is 2.21. The lowest BCUT2D eigenvalue weighted by Gasteiger charge is -2.10. The molecule has 8 nitrogen and oxygen atoms in total. The molecule has 0 atom stereocenters. The highest BCUT2D eigenvalue weighted by molar-refractivity contribution is 7.89. The second-order valence-corrected chi connectivity index (χ2v) is 8.62. The smallest absolute Gasteiger partial charge is 0.269 e. The standard InChI is InChI=1S/C21H22ClN3O5S/c1-3-12-23-31(28,29)18-9-6-16(7-10-18)21(27)25-24-20(26)5-4-13-30-19-11-8-17(22)14-15(19)2/h1,6-11,14,23H,4-5,12-13H2,2H3,(H,24,26)(H,25,27). The average molecular weight is 464 g/mol. The maximum Gasteiger partial charge on any atom is 0.269 e. The number of halogens is 1. The fourth-order valence-corrected chi connectivity index (χ4v) is 3.62. The number of aryl methyl sites for hydroxylation is 1. The van der Waals surface area contributed by atoms with E-state index in [4.69, 9.17) is 22.8 Å². The quantitative estimate of drug-likeness (QED) is 0.299. The van der Waals surface area contributed by atoms with Gasteiger partial charge in [0, 0.05) is 17.0 Å². The molecule has 0 saturated heterocycles. The molecule has 0 saturated carbocycles. The van der Waals surface area contributed by atoms with Crippen molar-refractivity contribution in [2.24, 2.45) is 0 Å². The van der Waals surface area contributed by atoms with Crippen LogP contribution < -0.4 is 20.3 Å². The molecule has 0 aliphatic heterocycles. The SMILES string of the molecule is C#CCNS(=O)(=O)c1ccc(C(=O)NNC(=O)CCCOc2ccc(Cl)cc2C)cc1. The number of hydrogen-bond acceptors (Lipinski definition) is 5. The van der Waals surface area contributed by atoms with Gasteiger partial charge in [0.25, 0.3) is 5.91 Å². The zero-order valence-electron chi connectivity index (χ0n) is 16.8. The molecule has 0 aromatic heterocycles. The largest absolute Gasteiger partial charge is 0.493 e. The van der Waals surface area contributed by atoms with E-state index in [1.54, 1.807) is 18.2 Å². The van der Waals surface area contributed by atoms with Gasteiger partial charge in [-0.25, -0.2) is 8.42 Å². The van der Waals surface area contributed by atoms with Crippen molar-refractivity contribution in [2.75, 3.05) is 13.2 Å². The summed E-state index contributed by atoms with van der Waals surface area (Å²) in [7, 11) is -3.74. The number of hydrogen-bond donors (Lipinski definition) is 3. The van der Waals surface area contributed by atoms with Crippen molar-refractivity contribution >= 4 is 33.4 Å². The van der Waals surface area contributed by atoms with Crippen molar-refractivity contribution in [1.29, 1.82) is 0 Å². The molecule has 0 aliphatic carbocycles. The molecule has 2 rings (SSSR count). The molecule has 0 radical (unpaired) electrons. The normalized spacial score (nSPS) is 10.7. The Balaban J connectivity index is 1.75. The first-order valence-electron chi connectivity index (χ1n) is 9.24. The van der Waals surface area contributed by atoms with Crippen molar-refractivity contribution < 1.29 is 22.7 Å². The van der Waals surface area contributed by atoms with Gasteiger partial charge in [0.1, 0.15) is 5.75 Å².